The number of carbonyl (C=O) groups excluding carboxylic acids is 1. The van der Waals surface area contributed by atoms with E-state index in [1.54, 1.807) is 19.1 Å². The molecule has 2 aromatic heterocycles. The van der Waals surface area contributed by atoms with Crippen LogP contribution in [0, 0.1) is 12.8 Å². The summed E-state index contributed by atoms with van der Waals surface area (Å²) >= 11 is 0. The molecule has 1 amide bonds. The van der Waals surface area contributed by atoms with Crippen LogP contribution in [0.3, 0.4) is 0 Å². The smallest absolute Gasteiger partial charge is 0.345 e. The summed E-state index contributed by atoms with van der Waals surface area (Å²) in [4.78, 5) is 33.1. The van der Waals surface area contributed by atoms with Crippen molar-refractivity contribution in [2.45, 2.75) is 25.9 Å². The second-order valence-electron chi connectivity index (χ2n) is 6.01. The van der Waals surface area contributed by atoms with E-state index in [0.29, 0.717) is 11.3 Å². The lowest BCUT2D eigenvalue weighted by Gasteiger charge is -2.33. The molecule has 0 bridgehead atoms. The Kier molecular flexibility index (Phi) is 4.06. The number of aromatic nitrogens is 2. The summed E-state index contributed by atoms with van der Waals surface area (Å²) in [5, 5.41) is 0.246. The van der Waals surface area contributed by atoms with Gasteiger partial charge in [-0.25, -0.2) is 4.98 Å². The predicted molar refractivity (Wildman–Crippen MR) is 81.8 cm³/mol. The molecule has 3 rings (SSSR count). The SMILES string of the molecule is Cc1ccc2c(=O)c(C(=O)N3CCC[C@H](C(F)(F)F)C3)c[nH]c2n1. The molecule has 1 N–H and O–H groups in total. The minimum absolute atomic E-state index is 0.00452. The van der Waals surface area contributed by atoms with Gasteiger partial charge in [-0.2, -0.15) is 13.2 Å². The van der Waals surface area contributed by atoms with Crippen LogP contribution in [0.2, 0.25) is 0 Å². The number of hydrogen-bond acceptors (Lipinski definition) is 3. The summed E-state index contributed by atoms with van der Waals surface area (Å²) in [6.07, 6.45) is -2.83. The van der Waals surface area contributed by atoms with Gasteiger partial charge in [-0.1, -0.05) is 0 Å². The van der Waals surface area contributed by atoms with E-state index in [1.165, 1.54) is 6.20 Å². The number of nitrogens with zero attached hydrogens (tertiary/aromatic N) is 2. The zero-order chi connectivity index (χ0) is 17.5. The van der Waals surface area contributed by atoms with Crippen LogP contribution in [0.15, 0.2) is 23.1 Å². The molecule has 0 aromatic carbocycles. The van der Waals surface area contributed by atoms with Gasteiger partial charge in [-0.3, -0.25) is 9.59 Å². The number of halogens is 3. The Balaban J connectivity index is 1.93. The molecule has 0 radical (unpaired) electrons. The number of nitrogens with one attached hydrogen (secondary N) is 1. The number of pyridine rings is 2. The van der Waals surface area contributed by atoms with Crippen molar-refractivity contribution in [3.63, 3.8) is 0 Å². The van der Waals surface area contributed by atoms with E-state index in [9.17, 15) is 22.8 Å². The highest BCUT2D eigenvalue weighted by Crippen LogP contribution is 2.33. The van der Waals surface area contributed by atoms with Crippen LogP contribution in [0.1, 0.15) is 28.9 Å². The third kappa shape index (κ3) is 3.00. The third-order valence-corrected chi connectivity index (χ3v) is 4.28. The lowest BCUT2D eigenvalue weighted by atomic mass is 9.97. The normalized spacial score (nSPS) is 18.8. The fourth-order valence-corrected chi connectivity index (χ4v) is 2.96. The Bertz CT molecular complexity index is 845. The highest BCUT2D eigenvalue weighted by Gasteiger charge is 2.43. The van der Waals surface area contributed by atoms with E-state index in [4.69, 9.17) is 0 Å². The number of fused-ring (bicyclic) bond motifs is 1. The number of aromatic amines is 1. The highest BCUT2D eigenvalue weighted by molar-refractivity contribution is 5.96. The molecular weight excluding hydrogens is 323 g/mol. The molecule has 3 heterocycles. The fraction of sp³-hybridized carbons (Fsp3) is 0.438. The molecule has 8 heteroatoms. The minimum Gasteiger partial charge on any atom is -0.345 e. The van der Waals surface area contributed by atoms with Crippen molar-refractivity contribution >= 4 is 16.9 Å². The maximum absolute atomic E-state index is 12.9. The number of carbonyl (C=O) groups is 1. The molecule has 0 saturated carbocycles. The van der Waals surface area contributed by atoms with Crippen LogP contribution >= 0.6 is 0 Å². The number of H-pyrrole nitrogens is 1. The molecule has 1 atom stereocenters. The first-order valence-corrected chi connectivity index (χ1v) is 7.62. The van der Waals surface area contributed by atoms with E-state index in [0.717, 1.165) is 4.90 Å². The molecule has 2 aromatic rings. The van der Waals surface area contributed by atoms with Gasteiger partial charge in [-0.05, 0) is 31.9 Å². The Labute approximate surface area is 135 Å². The first-order chi connectivity index (χ1) is 11.3. The number of hydrogen-bond donors (Lipinski definition) is 1. The van der Waals surface area contributed by atoms with Crippen molar-refractivity contribution < 1.29 is 18.0 Å². The van der Waals surface area contributed by atoms with E-state index >= 15 is 0 Å². The average molecular weight is 339 g/mol. The Morgan fingerprint density at radius 2 is 2.12 bits per heavy atom. The topological polar surface area (TPSA) is 66.1 Å². The van der Waals surface area contributed by atoms with Gasteiger partial charge >= 0.3 is 6.18 Å². The summed E-state index contributed by atoms with van der Waals surface area (Å²) in [5.74, 6) is -2.22. The van der Waals surface area contributed by atoms with E-state index in [-0.39, 0.29) is 30.3 Å². The molecule has 1 saturated heterocycles. The van der Waals surface area contributed by atoms with Crippen molar-refractivity contribution in [1.82, 2.24) is 14.9 Å². The summed E-state index contributed by atoms with van der Waals surface area (Å²) < 4.78 is 38.7. The molecule has 1 fully saturated rings. The maximum Gasteiger partial charge on any atom is 0.393 e. The van der Waals surface area contributed by atoms with Crippen molar-refractivity contribution in [3.05, 3.63) is 39.8 Å². The van der Waals surface area contributed by atoms with Gasteiger partial charge < -0.3 is 9.88 Å². The second kappa shape index (κ2) is 5.92. The van der Waals surface area contributed by atoms with E-state index < -0.39 is 30.0 Å². The quantitative estimate of drug-likeness (QED) is 0.869. The number of amides is 1. The van der Waals surface area contributed by atoms with Crippen molar-refractivity contribution in [1.29, 1.82) is 0 Å². The van der Waals surface area contributed by atoms with Crippen molar-refractivity contribution in [3.8, 4) is 0 Å². The number of piperidine rings is 1. The van der Waals surface area contributed by atoms with Crippen molar-refractivity contribution in [2.24, 2.45) is 5.92 Å². The molecule has 24 heavy (non-hydrogen) atoms. The molecular formula is C16H16F3N3O2. The van der Waals surface area contributed by atoms with E-state index in [1.807, 2.05) is 0 Å². The van der Waals surface area contributed by atoms with Crippen molar-refractivity contribution in [2.75, 3.05) is 13.1 Å². The van der Waals surface area contributed by atoms with Crippen LogP contribution < -0.4 is 5.43 Å². The number of alkyl halides is 3. The van der Waals surface area contributed by atoms with Crippen LogP contribution in [0.5, 0.6) is 0 Å². The van der Waals surface area contributed by atoms with Gasteiger partial charge in [0.1, 0.15) is 11.2 Å². The number of likely N-dealkylation sites (tertiary alicyclic amines) is 1. The van der Waals surface area contributed by atoms with Crippen LogP contribution in [-0.4, -0.2) is 40.0 Å². The van der Waals surface area contributed by atoms with Gasteiger partial charge in [0.15, 0.2) is 0 Å². The Morgan fingerprint density at radius 1 is 1.38 bits per heavy atom. The molecule has 0 aliphatic carbocycles. The largest absolute Gasteiger partial charge is 0.393 e. The monoisotopic (exact) mass is 339 g/mol. The van der Waals surface area contributed by atoms with Crippen LogP contribution in [0.4, 0.5) is 13.2 Å². The summed E-state index contributed by atoms with van der Waals surface area (Å²) in [6, 6.07) is 3.20. The Hall–Kier alpha value is -2.38. The Morgan fingerprint density at radius 3 is 2.83 bits per heavy atom. The fourth-order valence-electron chi connectivity index (χ4n) is 2.96. The zero-order valence-corrected chi connectivity index (χ0v) is 13.0. The maximum atomic E-state index is 12.9. The third-order valence-electron chi connectivity index (χ3n) is 4.28. The first kappa shape index (κ1) is 16.5. The van der Waals surface area contributed by atoms with Crippen LogP contribution in [-0.2, 0) is 0 Å². The molecule has 0 spiro atoms. The lowest BCUT2D eigenvalue weighted by Crippen LogP contribution is -2.45. The molecule has 1 aliphatic rings. The summed E-state index contributed by atoms with van der Waals surface area (Å²) in [7, 11) is 0. The highest BCUT2D eigenvalue weighted by atomic mass is 19.4. The molecule has 128 valence electrons. The zero-order valence-electron chi connectivity index (χ0n) is 13.0. The molecule has 1 aliphatic heterocycles. The second-order valence-corrected chi connectivity index (χ2v) is 6.01. The van der Waals surface area contributed by atoms with Gasteiger partial charge in [0.25, 0.3) is 5.91 Å². The van der Waals surface area contributed by atoms with Gasteiger partial charge in [-0.15, -0.1) is 0 Å². The predicted octanol–water partition coefficient (Wildman–Crippen LogP) is 2.65. The lowest BCUT2D eigenvalue weighted by molar-refractivity contribution is -0.184. The summed E-state index contributed by atoms with van der Waals surface area (Å²) in [5.41, 5.74) is 0.385. The van der Waals surface area contributed by atoms with Gasteiger partial charge in [0, 0.05) is 25.0 Å². The minimum atomic E-state index is -4.34. The van der Waals surface area contributed by atoms with E-state index in [2.05, 4.69) is 9.97 Å². The van der Waals surface area contributed by atoms with Gasteiger partial charge in [0.05, 0.1) is 11.3 Å². The number of rotatable bonds is 1. The van der Waals surface area contributed by atoms with Gasteiger partial charge in [0.2, 0.25) is 5.43 Å². The standard InChI is InChI=1S/C16H16F3N3O2/c1-9-4-5-11-13(23)12(7-20-14(11)21-9)15(24)22-6-2-3-10(8-22)16(17,18)19/h4-5,7,10H,2-3,6,8H2,1H3,(H,20,21,23)/t10-/m0/s1. The molecule has 5 nitrogen and oxygen atoms in total. The van der Waals surface area contributed by atoms with Crippen LogP contribution in [0.25, 0.3) is 11.0 Å². The molecule has 0 unspecified atom stereocenters. The first-order valence-electron chi connectivity index (χ1n) is 7.62. The summed E-state index contributed by atoms with van der Waals surface area (Å²) in [6.45, 7) is 1.57. The average Bonchev–Trinajstić information content (AvgIpc) is 2.54. The number of aryl methyl sites for hydroxylation is 1.